The highest BCUT2D eigenvalue weighted by atomic mass is 32.2. The molecule has 24 heavy (non-hydrogen) atoms. The van der Waals surface area contributed by atoms with Crippen LogP contribution in [0, 0.1) is 6.92 Å². The van der Waals surface area contributed by atoms with Crippen molar-refractivity contribution in [2.45, 2.75) is 54.7 Å². The summed E-state index contributed by atoms with van der Waals surface area (Å²) < 4.78 is 19.0. The lowest BCUT2D eigenvalue weighted by Crippen LogP contribution is -2.04. The van der Waals surface area contributed by atoms with Crippen molar-refractivity contribution in [2.75, 3.05) is 0 Å². The fourth-order valence-electron chi connectivity index (χ4n) is 3.80. The molecule has 3 heteroatoms. The van der Waals surface area contributed by atoms with Gasteiger partial charge >= 0.3 is 0 Å². The molecule has 124 valence electrons. The average Bonchev–Trinajstić information content (AvgIpc) is 2.97. The van der Waals surface area contributed by atoms with Crippen molar-refractivity contribution in [2.24, 2.45) is 0 Å². The third-order valence-electron chi connectivity index (χ3n) is 5.05. The molecule has 0 spiro atoms. The number of furan rings is 1. The van der Waals surface area contributed by atoms with Crippen LogP contribution < -0.4 is 0 Å². The van der Waals surface area contributed by atoms with E-state index in [9.17, 15) is 4.21 Å². The topological polar surface area (TPSA) is 30.2 Å². The van der Waals surface area contributed by atoms with Crippen LogP contribution >= 0.6 is 0 Å². The zero-order valence-electron chi connectivity index (χ0n) is 14.0. The van der Waals surface area contributed by atoms with Crippen LogP contribution in [0.1, 0.15) is 49.3 Å². The van der Waals surface area contributed by atoms with Crippen molar-refractivity contribution >= 4 is 21.8 Å². The molecule has 1 aliphatic rings. The molecule has 0 amide bonds. The van der Waals surface area contributed by atoms with Gasteiger partial charge in [0.2, 0.25) is 0 Å². The second-order valence-corrected chi connectivity index (χ2v) is 8.08. The van der Waals surface area contributed by atoms with E-state index in [-0.39, 0.29) is 0 Å². The molecule has 2 aromatic carbocycles. The van der Waals surface area contributed by atoms with Crippen LogP contribution in [-0.4, -0.2) is 4.21 Å². The number of benzene rings is 2. The van der Waals surface area contributed by atoms with Gasteiger partial charge in [-0.05, 0) is 55.5 Å². The Hall–Kier alpha value is -1.87. The molecule has 0 N–H and O–H groups in total. The first-order chi connectivity index (χ1) is 11.7. The third-order valence-corrected chi connectivity index (χ3v) is 6.63. The molecule has 1 saturated carbocycles. The van der Waals surface area contributed by atoms with Gasteiger partial charge < -0.3 is 4.42 Å². The molecule has 2 nitrogen and oxygen atoms in total. The van der Waals surface area contributed by atoms with Gasteiger partial charge in [-0.15, -0.1) is 0 Å². The van der Waals surface area contributed by atoms with E-state index in [2.05, 4.69) is 18.2 Å². The zero-order chi connectivity index (χ0) is 16.5. The van der Waals surface area contributed by atoms with Gasteiger partial charge in [0, 0.05) is 10.3 Å². The Morgan fingerprint density at radius 1 is 1.00 bits per heavy atom. The molecule has 1 aromatic heterocycles. The SMILES string of the molecule is Cc1oc2ccc(C3CCCCC3)cc2c1S(=O)c1ccccc1. The maximum absolute atomic E-state index is 13.1. The van der Waals surface area contributed by atoms with E-state index < -0.39 is 10.8 Å². The Bertz CT molecular complexity index is 873. The van der Waals surface area contributed by atoms with E-state index in [0.29, 0.717) is 5.92 Å². The molecule has 4 rings (SSSR count). The van der Waals surface area contributed by atoms with Gasteiger partial charge in [0.05, 0.1) is 15.7 Å². The van der Waals surface area contributed by atoms with Crippen molar-refractivity contribution in [3.05, 3.63) is 59.9 Å². The standard InChI is InChI=1S/C21H22O2S/c1-15-21(24(22)18-10-6-3-7-11-18)19-14-17(12-13-20(19)23-15)16-8-4-2-5-9-16/h3,6-7,10-14,16H,2,4-5,8-9H2,1H3. The van der Waals surface area contributed by atoms with Crippen molar-refractivity contribution < 1.29 is 8.63 Å². The lowest BCUT2D eigenvalue weighted by Gasteiger charge is -2.21. The summed E-state index contributed by atoms with van der Waals surface area (Å²) in [7, 11) is -1.21. The molecule has 0 bridgehead atoms. The van der Waals surface area contributed by atoms with E-state index in [1.807, 2.05) is 37.3 Å². The summed E-state index contributed by atoms with van der Waals surface area (Å²) in [6.07, 6.45) is 6.51. The maximum atomic E-state index is 13.1. The summed E-state index contributed by atoms with van der Waals surface area (Å²) in [5.41, 5.74) is 2.21. The molecule has 1 fully saturated rings. The predicted molar refractivity (Wildman–Crippen MR) is 97.9 cm³/mol. The second-order valence-electron chi connectivity index (χ2n) is 6.66. The number of hydrogen-bond acceptors (Lipinski definition) is 2. The first kappa shape index (κ1) is 15.6. The van der Waals surface area contributed by atoms with E-state index in [4.69, 9.17) is 4.42 Å². The van der Waals surface area contributed by atoms with E-state index >= 15 is 0 Å². The van der Waals surface area contributed by atoms with Crippen molar-refractivity contribution in [1.82, 2.24) is 0 Å². The summed E-state index contributed by atoms with van der Waals surface area (Å²) >= 11 is 0. The molecule has 3 aromatic rings. The molecule has 1 atom stereocenters. The highest BCUT2D eigenvalue weighted by Crippen LogP contribution is 2.37. The largest absolute Gasteiger partial charge is 0.460 e. The van der Waals surface area contributed by atoms with Gasteiger partial charge in [-0.2, -0.15) is 0 Å². The summed E-state index contributed by atoms with van der Waals surface area (Å²) in [5, 5.41) is 1.01. The lowest BCUT2D eigenvalue weighted by molar-refractivity contribution is 0.444. The molecule has 1 aliphatic carbocycles. The second kappa shape index (κ2) is 6.56. The van der Waals surface area contributed by atoms with Crippen LogP contribution in [0.2, 0.25) is 0 Å². The van der Waals surface area contributed by atoms with Crippen LogP contribution in [-0.2, 0) is 10.8 Å². The van der Waals surface area contributed by atoms with Crippen LogP contribution in [0.4, 0.5) is 0 Å². The maximum Gasteiger partial charge on any atom is 0.135 e. The minimum atomic E-state index is -1.21. The van der Waals surface area contributed by atoms with Gasteiger partial charge in [0.15, 0.2) is 0 Å². The average molecular weight is 338 g/mol. The van der Waals surface area contributed by atoms with Gasteiger partial charge in [0.1, 0.15) is 11.3 Å². The number of fused-ring (bicyclic) bond motifs is 1. The molecule has 0 radical (unpaired) electrons. The first-order valence-electron chi connectivity index (χ1n) is 8.74. The minimum absolute atomic E-state index is 0.636. The third kappa shape index (κ3) is 2.82. The highest BCUT2D eigenvalue weighted by molar-refractivity contribution is 7.85. The molecule has 1 heterocycles. The summed E-state index contributed by atoms with van der Waals surface area (Å²) in [6, 6.07) is 16.1. The van der Waals surface area contributed by atoms with E-state index in [0.717, 1.165) is 26.5 Å². The Balaban J connectivity index is 1.80. The Morgan fingerprint density at radius 3 is 2.50 bits per heavy atom. The van der Waals surface area contributed by atoms with Crippen LogP contribution in [0.3, 0.4) is 0 Å². The number of aryl methyl sites for hydroxylation is 1. The molecule has 1 unspecified atom stereocenters. The molecular weight excluding hydrogens is 316 g/mol. The zero-order valence-corrected chi connectivity index (χ0v) is 14.8. The molecule has 0 saturated heterocycles. The van der Waals surface area contributed by atoms with Gasteiger partial charge in [-0.25, -0.2) is 4.21 Å². The Kier molecular flexibility index (Phi) is 4.28. The first-order valence-corrected chi connectivity index (χ1v) is 9.89. The van der Waals surface area contributed by atoms with Crippen molar-refractivity contribution in [3.63, 3.8) is 0 Å². The predicted octanol–water partition coefficient (Wildman–Crippen LogP) is 5.96. The number of hydrogen-bond donors (Lipinski definition) is 0. The lowest BCUT2D eigenvalue weighted by atomic mass is 9.84. The summed E-state index contributed by atoms with van der Waals surface area (Å²) in [6.45, 7) is 1.91. The van der Waals surface area contributed by atoms with Crippen LogP contribution in [0.25, 0.3) is 11.0 Å². The smallest absolute Gasteiger partial charge is 0.135 e. The monoisotopic (exact) mass is 338 g/mol. The molecule has 0 aliphatic heterocycles. The Morgan fingerprint density at radius 2 is 1.75 bits per heavy atom. The minimum Gasteiger partial charge on any atom is -0.460 e. The quantitative estimate of drug-likeness (QED) is 0.590. The van der Waals surface area contributed by atoms with Gasteiger partial charge in [0.25, 0.3) is 0 Å². The fraction of sp³-hybridized carbons (Fsp3) is 0.333. The van der Waals surface area contributed by atoms with E-state index in [1.165, 1.54) is 37.7 Å². The highest BCUT2D eigenvalue weighted by Gasteiger charge is 2.21. The van der Waals surface area contributed by atoms with Crippen LogP contribution in [0.5, 0.6) is 0 Å². The van der Waals surface area contributed by atoms with Crippen molar-refractivity contribution in [1.29, 1.82) is 0 Å². The fourth-order valence-corrected chi connectivity index (χ4v) is 5.10. The van der Waals surface area contributed by atoms with Crippen LogP contribution in [0.15, 0.2) is 62.7 Å². The summed E-state index contributed by atoms with van der Waals surface area (Å²) in [4.78, 5) is 1.65. The molecular formula is C21H22O2S. The normalized spacial score (nSPS) is 17.2. The van der Waals surface area contributed by atoms with Crippen molar-refractivity contribution in [3.8, 4) is 0 Å². The van der Waals surface area contributed by atoms with Gasteiger partial charge in [-0.3, -0.25) is 0 Å². The van der Waals surface area contributed by atoms with E-state index in [1.54, 1.807) is 0 Å². The number of rotatable bonds is 3. The Labute approximate surface area is 145 Å². The van der Waals surface area contributed by atoms with Gasteiger partial charge in [-0.1, -0.05) is 43.5 Å². The summed E-state index contributed by atoms with van der Waals surface area (Å²) in [5.74, 6) is 1.39.